The van der Waals surface area contributed by atoms with Gasteiger partial charge in [-0.15, -0.1) is 0 Å². The number of hydrogen-bond acceptors (Lipinski definition) is 5. The van der Waals surface area contributed by atoms with E-state index in [2.05, 4.69) is 5.10 Å². The number of hydrogen-bond donors (Lipinski definition) is 0. The normalized spacial score (nSPS) is 15.8. The lowest BCUT2D eigenvalue weighted by Gasteiger charge is -2.19. The average Bonchev–Trinajstić information content (AvgIpc) is 3.28. The monoisotopic (exact) mass is 446 g/mol. The average molecular weight is 446 g/mol. The van der Waals surface area contributed by atoms with Crippen LogP contribution in [0.5, 0.6) is 11.5 Å². The highest BCUT2D eigenvalue weighted by atomic mass is 19.4. The first-order valence-electron chi connectivity index (χ1n) is 9.79. The number of ether oxygens (including phenoxy) is 2. The van der Waals surface area contributed by atoms with E-state index >= 15 is 0 Å². The number of amides is 1. The molecule has 0 spiro atoms. The molecule has 0 N–H and O–H groups in total. The molecule has 0 saturated carbocycles. The second-order valence-corrected chi connectivity index (χ2v) is 7.55. The predicted molar refractivity (Wildman–Crippen MR) is 111 cm³/mol. The van der Waals surface area contributed by atoms with Gasteiger partial charge < -0.3 is 9.47 Å². The summed E-state index contributed by atoms with van der Waals surface area (Å²) in [6.45, 7) is 2.37. The van der Waals surface area contributed by atoms with Crippen LogP contribution in [0, 0.1) is 6.92 Å². The van der Waals surface area contributed by atoms with Crippen LogP contribution < -0.4 is 14.4 Å². The lowest BCUT2D eigenvalue weighted by atomic mass is 10.0. The third-order valence-electron chi connectivity index (χ3n) is 5.35. The molecule has 0 radical (unpaired) electrons. The van der Waals surface area contributed by atoms with Gasteiger partial charge in [0.15, 0.2) is 0 Å². The van der Waals surface area contributed by atoms with Crippen LogP contribution in [0.2, 0.25) is 0 Å². The SMILES string of the molecule is COc1cc(OC)cc(-c2cc(C)c3c(n2)[C@@H](C)N(c2cnn(CC(F)(F)F)c2)C3=O)c1. The molecule has 10 heteroatoms. The zero-order valence-electron chi connectivity index (χ0n) is 17.9. The molecule has 0 saturated heterocycles. The molecule has 0 aliphatic carbocycles. The number of fused-ring (bicyclic) bond motifs is 1. The van der Waals surface area contributed by atoms with Crippen LogP contribution in [-0.2, 0) is 6.54 Å². The van der Waals surface area contributed by atoms with E-state index in [-0.39, 0.29) is 11.6 Å². The molecule has 2 aromatic heterocycles. The van der Waals surface area contributed by atoms with Gasteiger partial charge in [-0.1, -0.05) is 0 Å². The van der Waals surface area contributed by atoms with Gasteiger partial charge in [-0.25, -0.2) is 4.98 Å². The minimum atomic E-state index is -4.41. The van der Waals surface area contributed by atoms with Crippen LogP contribution in [0.15, 0.2) is 36.7 Å². The van der Waals surface area contributed by atoms with Crippen LogP contribution in [0.25, 0.3) is 11.3 Å². The second kappa shape index (κ2) is 7.85. The summed E-state index contributed by atoms with van der Waals surface area (Å²) in [5.41, 5.74) is 3.38. The molecule has 1 aromatic carbocycles. The lowest BCUT2D eigenvalue weighted by molar-refractivity contribution is -0.142. The molecule has 1 amide bonds. The second-order valence-electron chi connectivity index (χ2n) is 7.55. The third-order valence-corrected chi connectivity index (χ3v) is 5.35. The fraction of sp³-hybridized carbons (Fsp3) is 0.318. The Bertz CT molecular complexity index is 1170. The first-order chi connectivity index (χ1) is 15.1. The Kier molecular flexibility index (Phi) is 5.31. The number of carbonyl (C=O) groups is 1. The molecule has 0 bridgehead atoms. The van der Waals surface area contributed by atoms with Crippen LogP contribution in [0.1, 0.15) is 34.6 Å². The molecule has 1 atom stereocenters. The predicted octanol–water partition coefficient (Wildman–Crippen LogP) is 4.55. The van der Waals surface area contributed by atoms with Crippen molar-refractivity contribution >= 4 is 11.6 Å². The molecule has 1 aliphatic rings. The molecule has 4 rings (SSSR count). The number of nitrogens with zero attached hydrogens (tertiary/aromatic N) is 4. The summed E-state index contributed by atoms with van der Waals surface area (Å²) < 4.78 is 49.5. The zero-order chi connectivity index (χ0) is 23.2. The van der Waals surface area contributed by atoms with E-state index in [9.17, 15) is 18.0 Å². The van der Waals surface area contributed by atoms with Crippen molar-refractivity contribution in [1.82, 2.24) is 14.8 Å². The van der Waals surface area contributed by atoms with Crippen molar-refractivity contribution in [3.8, 4) is 22.8 Å². The van der Waals surface area contributed by atoms with E-state index in [1.807, 2.05) is 19.1 Å². The number of pyridine rings is 1. The van der Waals surface area contributed by atoms with E-state index in [0.29, 0.717) is 34.0 Å². The lowest BCUT2D eigenvalue weighted by Crippen LogP contribution is -2.26. The molecule has 0 fully saturated rings. The highest BCUT2D eigenvalue weighted by molar-refractivity contribution is 6.11. The largest absolute Gasteiger partial charge is 0.497 e. The third kappa shape index (κ3) is 3.88. The number of methoxy groups -OCH3 is 2. The molecule has 3 heterocycles. The fourth-order valence-corrected chi connectivity index (χ4v) is 3.89. The molecular formula is C22H21F3N4O3. The smallest absolute Gasteiger partial charge is 0.408 e. The quantitative estimate of drug-likeness (QED) is 0.575. The van der Waals surface area contributed by atoms with Crippen molar-refractivity contribution in [2.75, 3.05) is 19.1 Å². The molecule has 0 unspecified atom stereocenters. The van der Waals surface area contributed by atoms with Crippen LogP contribution in [0.4, 0.5) is 18.9 Å². The maximum atomic E-state index is 13.2. The van der Waals surface area contributed by atoms with Crippen LogP contribution in [-0.4, -0.2) is 41.1 Å². The topological polar surface area (TPSA) is 69.5 Å². The Hall–Kier alpha value is -3.56. The minimum Gasteiger partial charge on any atom is -0.497 e. The Balaban J connectivity index is 1.73. The van der Waals surface area contributed by atoms with Crippen molar-refractivity contribution in [3.63, 3.8) is 0 Å². The van der Waals surface area contributed by atoms with E-state index in [1.54, 1.807) is 33.3 Å². The number of aryl methyl sites for hydroxylation is 1. The first-order valence-corrected chi connectivity index (χ1v) is 9.79. The number of alkyl halides is 3. The molecular weight excluding hydrogens is 425 g/mol. The van der Waals surface area contributed by atoms with Gasteiger partial charge in [-0.2, -0.15) is 18.3 Å². The Morgan fingerprint density at radius 3 is 2.34 bits per heavy atom. The molecule has 7 nitrogen and oxygen atoms in total. The van der Waals surface area contributed by atoms with Crippen molar-refractivity contribution in [2.24, 2.45) is 0 Å². The molecule has 168 valence electrons. The van der Waals surface area contributed by atoms with Gasteiger partial charge in [0.2, 0.25) is 0 Å². The zero-order valence-corrected chi connectivity index (χ0v) is 17.9. The fourth-order valence-electron chi connectivity index (χ4n) is 3.89. The number of anilines is 1. The maximum Gasteiger partial charge on any atom is 0.408 e. The molecule has 3 aromatic rings. The summed E-state index contributed by atoms with van der Waals surface area (Å²) in [5, 5.41) is 3.76. The Morgan fingerprint density at radius 1 is 1.09 bits per heavy atom. The van der Waals surface area contributed by atoms with Gasteiger partial charge >= 0.3 is 6.18 Å². The highest BCUT2D eigenvalue weighted by Gasteiger charge is 2.39. The van der Waals surface area contributed by atoms with Gasteiger partial charge in [0.05, 0.1) is 49.1 Å². The number of aromatic nitrogens is 3. The van der Waals surface area contributed by atoms with E-state index in [1.165, 1.54) is 17.3 Å². The van der Waals surface area contributed by atoms with Crippen molar-refractivity contribution in [1.29, 1.82) is 0 Å². The van der Waals surface area contributed by atoms with Crippen LogP contribution in [0.3, 0.4) is 0 Å². The van der Waals surface area contributed by atoms with E-state index in [4.69, 9.17) is 14.5 Å². The summed E-state index contributed by atoms with van der Waals surface area (Å²) in [7, 11) is 3.11. The Morgan fingerprint density at radius 2 is 1.75 bits per heavy atom. The van der Waals surface area contributed by atoms with E-state index in [0.717, 1.165) is 10.2 Å². The van der Waals surface area contributed by atoms with Crippen molar-refractivity contribution in [3.05, 3.63) is 53.5 Å². The van der Waals surface area contributed by atoms with Crippen LogP contribution >= 0.6 is 0 Å². The highest BCUT2D eigenvalue weighted by Crippen LogP contribution is 2.39. The standard InChI is InChI=1S/C22H21F3N4O3/c1-12-5-18(14-6-16(31-3)8-17(7-14)32-4)27-20-13(2)29(21(30)19(12)20)15-9-26-28(10-15)11-22(23,24)25/h5-10,13H,11H2,1-4H3/t13-/m1/s1. The molecule has 32 heavy (non-hydrogen) atoms. The Labute approximate surface area is 182 Å². The summed E-state index contributed by atoms with van der Waals surface area (Å²) in [4.78, 5) is 19.3. The van der Waals surface area contributed by atoms with Gasteiger partial charge in [-0.3, -0.25) is 14.4 Å². The minimum absolute atomic E-state index is 0.286. The maximum absolute atomic E-state index is 13.2. The van der Waals surface area contributed by atoms with Crippen molar-refractivity contribution in [2.45, 2.75) is 32.6 Å². The van der Waals surface area contributed by atoms with Crippen molar-refractivity contribution < 1.29 is 27.4 Å². The van der Waals surface area contributed by atoms with Gasteiger partial charge in [-0.05, 0) is 37.6 Å². The first kappa shape index (κ1) is 21.7. The van der Waals surface area contributed by atoms with E-state index < -0.39 is 18.8 Å². The number of rotatable bonds is 5. The summed E-state index contributed by atoms with van der Waals surface area (Å²) in [6.07, 6.45) is -1.93. The summed E-state index contributed by atoms with van der Waals surface area (Å²) >= 11 is 0. The number of carbonyl (C=O) groups excluding carboxylic acids is 1. The van der Waals surface area contributed by atoms with Gasteiger partial charge in [0.1, 0.15) is 18.0 Å². The number of benzene rings is 1. The van der Waals surface area contributed by atoms with Gasteiger partial charge in [0.25, 0.3) is 5.91 Å². The summed E-state index contributed by atoms with van der Waals surface area (Å²) in [6, 6.07) is 6.70. The summed E-state index contributed by atoms with van der Waals surface area (Å²) in [5.74, 6) is 0.878. The number of halogens is 3. The van der Waals surface area contributed by atoms with Gasteiger partial charge in [0, 0.05) is 17.8 Å². The molecule has 1 aliphatic heterocycles.